The van der Waals surface area contributed by atoms with Crippen LogP contribution in [-0.4, -0.2) is 16.7 Å². The standard InChI is InChI=1S/C14H15N3O2S/c1-8-12(9(2)18)20-14(16-8)17-13(19)11-6-4-3-5-10(11)7-15/h3-6H,7,15H2,1-2H3,(H,16,17,19). The zero-order valence-corrected chi connectivity index (χ0v) is 12.1. The maximum Gasteiger partial charge on any atom is 0.257 e. The molecule has 20 heavy (non-hydrogen) atoms. The molecule has 3 N–H and O–H groups in total. The van der Waals surface area contributed by atoms with Gasteiger partial charge in [0.05, 0.1) is 10.6 Å². The van der Waals surface area contributed by atoms with Crippen molar-refractivity contribution in [1.29, 1.82) is 0 Å². The van der Waals surface area contributed by atoms with Crippen molar-refractivity contribution in [2.75, 3.05) is 5.32 Å². The van der Waals surface area contributed by atoms with Crippen LogP contribution in [0.3, 0.4) is 0 Å². The summed E-state index contributed by atoms with van der Waals surface area (Å²) in [5.41, 5.74) is 7.53. The predicted octanol–water partition coefficient (Wildman–Crippen LogP) is 2.37. The molecule has 1 heterocycles. The number of ketones is 1. The molecule has 1 aromatic carbocycles. The Morgan fingerprint density at radius 1 is 1.35 bits per heavy atom. The Balaban J connectivity index is 2.24. The molecule has 0 aliphatic heterocycles. The summed E-state index contributed by atoms with van der Waals surface area (Å²) in [4.78, 5) is 28.3. The summed E-state index contributed by atoms with van der Waals surface area (Å²) in [5.74, 6) is -0.322. The fourth-order valence-corrected chi connectivity index (χ4v) is 2.72. The first-order valence-corrected chi connectivity index (χ1v) is 6.92. The van der Waals surface area contributed by atoms with Gasteiger partial charge < -0.3 is 5.73 Å². The molecule has 0 aliphatic rings. The summed E-state index contributed by atoms with van der Waals surface area (Å²) in [6, 6.07) is 7.13. The number of anilines is 1. The SMILES string of the molecule is CC(=O)c1sc(NC(=O)c2ccccc2CN)nc1C. The van der Waals surface area contributed by atoms with E-state index in [2.05, 4.69) is 10.3 Å². The van der Waals surface area contributed by atoms with Gasteiger partial charge in [0.1, 0.15) is 0 Å². The monoisotopic (exact) mass is 289 g/mol. The lowest BCUT2D eigenvalue weighted by Crippen LogP contribution is -2.15. The van der Waals surface area contributed by atoms with Crippen LogP contribution in [0.15, 0.2) is 24.3 Å². The van der Waals surface area contributed by atoms with Crippen LogP contribution in [0.2, 0.25) is 0 Å². The molecule has 2 aromatic rings. The second-order valence-electron chi connectivity index (χ2n) is 4.31. The number of benzene rings is 1. The van der Waals surface area contributed by atoms with Crippen LogP contribution >= 0.6 is 11.3 Å². The maximum absolute atomic E-state index is 12.2. The Kier molecular flexibility index (Phi) is 4.26. The normalized spacial score (nSPS) is 10.3. The highest BCUT2D eigenvalue weighted by Crippen LogP contribution is 2.23. The Morgan fingerprint density at radius 2 is 2.05 bits per heavy atom. The zero-order valence-electron chi connectivity index (χ0n) is 11.3. The van der Waals surface area contributed by atoms with Gasteiger partial charge >= 0.3 is 0 Å². The highest BCUT2D eigenvalue weighted by Gasteiger charge is 2.15. The molecule has 0 unspecified atom stereocenters. The third kappa shape index (κ3) is 2.92. The lowest BCUT2D eigenvalue weighted by Gasteiger charge is -2.06. The Bertz CT molecular complexity index is 664. The van der Waals surface area contributed by atoms with Crippen molar-refractivity contribution in [3.63, 3.8) is 0 Å². The average Bonchev–Trinajstić information content (AvgIpc) is 2.79. The second kappa shape index (κ2) is 5.94. The number of aromatic nitrogens is 1. The first kappa shape index (κ1) is 14.4. The van der Waals surface area contributed by atoms with Gasteiger partial charge in [0.25, 0.3) is 5.91 Å². The minimum absolute atomic E-state index is 0.0529. The first-order valence-electron chi connectivity index (χ1n) is 6.10. The summed E-state index contributed by atoms with van der Waals surface area (Å²) in [5, 5.41) is 3.13. The molecule has 0 radical (unpaired) electrons. The molecule has 0 saturated carbocycles. The van der Waals surface area contributed by atoms with E-state index in [-0.39, 0.29) is 11.7 Å². The summed E-state index contributed by atoms with van der Waals surface area (Å²) < 4.78 is 0. The van der Waals surface area contributed by atoms with Gasteiger partial charge in [0.15, 0.2) is 10.9 Å². The van der Waals surface area contributed by atoms with E-state index in [0.717, 1.165) is 5.56 Å². The molecule has 6 heteroatoms. The summed E-state index contributed by atoms with van der Waals surface area (Å²) in [7, 11) is 0. The Morgan fingerprint density at radius 3 is 2.65 bits per heavy atom. The number of hydrogen-bond donors (Lipinski definition) is 2. The lowest BCUT2D eigenvalue weighted by molar-refractivity contribution is 0.101. The number of carbonyl (C=O) groups excluding carboxylic acids is 2. The van der Waals surface area contributed by atoms with E-state index in [4.69, 9.17) is 5.73 Å². The number of carbonyl (C=O) groups is 2. The van der Waals surface area contributed by atoms with Crippen molar-refractivity contribution in [3.8, 4) is 0 Å². The molecule has 5 nitrogen and oxygen atoms in total. The highest BCUT2D eigenvalue weighted by atomic mass is 32.1. The number of thiazole rings is 1. The molecule has 0 atom stereocenters. The van der Waals surface area contributed by atoms with Crippen molar-refractivity contribution < 1.29 is 9.59 Å². The van der Waals surface area contributed by atoms with Crippen LogP contribution < -0.4 is 11.1 Å². The minimum atomic E-state index is -0.269. The van der Waals surface area contributed by atoms with E-state index in [1.54, 1.807) is 19.1 Å². The van der Waals surface area contributed by atoms with Gasteiger partial charge in [0.2, 0.25) is 0 Å². The zero-order chi connectivity index (χ0) is 14.7. The van der Waals surface area contributed by atoms with E-state index in [1.165, 1.54) is 18.3 Å². The average molecular weight is 289 g/mol. The molecule has 1 aromatic heterocycles. The molecule has 1 amide bonds. The van der Waals surface area contributed by atoms with Gasteiger partial charge in [-0.3, -0.25) is 14.9 Å². The number of amides is 1. The quantitative estimate of drug-likeness (QED) is 0.846. The lowest BCUT2D eigenvalue weighted by atomic mass is 10.1. The largest absolute Gasteiger partial charge is 0.326 e. The molecule has 0 saturated heterocycles. The Labute approximate surface area is 120 Å². The third-order valence-electron chi connectivity index (χ3n) is 2.82. The van der Waals surface area contributed by atoms with Crippen LogP contribution in [0.4, 0.5) is 5.13 Å². The molecule has 104 valence electrons. The number of nitrogens with zero attached hydrogens (tertiary/aromatic N) is 1. The van der Waals surface area contributed by atoms with Crippen molar-refractivity contribution in [2.45, 2.75) is 20.4 Å². The summed E-state index contributed by atoms with van der Waals surface area (Å²) in [6.07, 6.45) is 0. The molecule has 0 fully saturated rings. The second-order valence-corrected chi connectivity index (χ2v) is 5.30. The smallest absolute Gasteiger partial charge is 0.257 e. The predicted molar refractivity (Wildman–Crippen MR) is 79.1 cm³/mol. The van der Waals surface area contributed by atoms with Crippen LogP contribution in [-0.2, 0) is 6.54 Å². The van der Waals surface area contributed by atoms with Gasteiger partial charge in [-0.25, -0.2) is 4.98 Å². The molecule has 0 aliphatic carbocycles. The molecular formula is C14H15N3O2S. The fourth-order valence-electron chi connectivity index (χ4n) is 1.86. The van der Waals surface area contributed by atoms with E-state index in [0.29, 0.717) is 27.8 Å². The molecule has 2 rings (SSSR count). The number of hydrogen-bond acceptors (Lipinski definition) is 5. The van der Waals surface area contributed by atoms with Crippen molar-refractivity contribution >= 4 is 28.2 Å². The summed E-state index contributed by atoms with van der Waals surface area (Å²) in [6.45, 7) is 3.52. The maximum atomic E-state index is 12.2. The fraction of sp³-hybridized carbons (Fsp3) is 0.214. The molecule has 0 spiro atoms. The number of nitrogens with two attached hydrogens (primary N) is 1. The van der Waals surface area contributed by atoms with Gasteiger partial charge in [-0.2, -0.15) is 0 Å². The third-order valence-corrected chi connectivity index (χ3v) is 3.99. The van der Waals surface area contributed by atoms with Gasteiger partial charge in [0, 0.05) is 19.0 Å². The van der Waals surface area contributed by atoms with Gasteiger partial charge in [-0.15, -0.1) is 0 Å². The van der Waals surface area contributed by atoms with Crippen LogP contribution in [0.25, 0.3) is 0 Å². The van der Waals surface area contributed by atoms with Crippen LogP contribution in [0.5, 0.6) is 0 Å². The number of aryl methyl sites for hydroxylation is 1. The Hall–Kier alpha value is -2.05. The molecule has 0 bridgehead atoms. The van der Waals surface area contributed by atoms with E-state index >= 15 is 0 Å². The van der Waals surface area contributed by atoms with E-state index < -0.39 is 0 Å². The topological polar surface area (TPSA) is 85.1 Å². The van der Waals surface area contributed by atoms with Crippen molar-refractivity contribution in [3.05, 3.63) is 46.0 Å². The number of rotatable bonds is 4. The van der Waals surface area contributed by atoms with E-state index in [9.17, 15) is 9.59 Å². The highest BCUT2D eigenvalue weighted by molar-refractivity contribution is 7.17. The van der Waals surface area contributed by atoms with Crippen molar-refractivity contribution in [1.82, 2.24) is 4.98 Å². The number of nitrogens with one attached hydrogen (secondary N) is 1. The van der Waals surface area contributed by atoms with Gasteiger partial charge in [-0.05, 0) is 18.6 Å². The van der Waals surface area contributed by atoms with E-state index in [1.807, 2.05) is 12.1 Å². The first-order chi connectivity index (χ1) is 9.52. The summed E-state index contributed by atoms with van der Waals surface area (Å²) >= 11 is 1.18. The van der Waals surface area contributed by atoms with Gasteiger partial charge in [-0.1, -0.05) is 29.5 Å². The van der Waals surface area contributed by atoms with Crippen LogP contribution in [0, 0.1) is 6.92 Å². The minimum Gasteiger partial charge on any atom is -0.326 e. The number of Topliss-reactive ketones (excluding diaryl/α,β-unsaturated/α-hetero) is 1. The molecular weight excluding hydrogens is 274 g/mol. The van der Waals surface area contributed by atoms with Crippen molar-refractivity contribution in [2.24, 2.45) is 5.73 Å². The van der Waals surface area contributed by atoms with Crippen LogP contribution in [0.1, 0.15) is 38.2 Å².